The highest BCUT2D eigenvalue weighted by atomic mass is 16.5. The molecule has 2 N–H and O–H groups in total. The summed E-state index contributed by atoms with van der Waals surface area (Å²) >= 11 is 0. The molecular weight excluding hydrogens is 180 g/mol. The van der Waals surface area contributed by atoms with Crippen LogP contribution in [0.1, 0.15) is 26.7 Å². The second-order valence-electron chi connectivity index (χ2n) is 4.95. The Hall–Kier alpha value is -0.610. The van der Waals surface area contributed by atoms with Crippen LogP contribution in [0.3, 0.4) is 0 Å². The van der Waals surface area contributed by atoms with Gasteiger partial charge in [0.15, 0.2) is 0 Å². The van der Waals surface area contributed by atoms with Crippen LogP contribution in [0.15, 0.2) is 0 Å². The maximum Gasteiger partial charge on any atom is 0.246 e. The van der Waals surface area contributed by atoms with Crippen LogP contribution >= 0.6 is 0 Å². The summed E-state index contributed by atoms with van der Waals surface area (Å²) in [5, 5.41) is 6.10. The maximum absolute atomic E-state index is 11.4. The van der Waals surface area contributed by atoms with Gasteiger partial charge in [-0.15, -0.1) is 0 Å². The molecule has 0 atom stereocenters. The fourth-order valence-corrected chi connectivity index (χ4v) is 1.50. The van der Waals surface area contributed by atoms with Crippen molar-refractivity contribution >= 4 is 5.91 Å². The largest absolute Gasteiger partial charge is 0.363 e. The van der Waals surface area contributed by atoms with E-state index in [0.29, 0.717) is 0 Å². The van der Waals surface area contributed by atoms with Crippen LogP contribution in [-0.2, 0) is 9.53 Å². The Morgan fingerprint density at radius 1 is 1.43 bits per heavy atom. The first-order chi connectivity index (χ1) is 6.52. The molecule has 0 radical (unpaired) electrons. The van der Waals surface area contributed by atoms with Gasteiger partial charge in [0.05, 0.1) is 5.60 Å². The van der Waals surface area contributed by atoms with E-state index in [-0.39, 0.29) is 23.7 Å². The van der Waals surface area contributed by atoms with Crippen LogP contribution in [0.2, 0.25) is 0 Å². The maximum atomic E-state index is 11.4. The summed E-state index contributed by atoms with van der Waals surface area (Å²) < 4.78 is 5.53. The van der Waals surface area contributed by atoms with Crippen molar-refractivity contribution in [3.63, 3.8) is 0 Å². The Morgan fingerprint density at radius 3 is 2.50 bits per heavy atom. The minimum absolute atomic E-state index is 0.0122. The van der Waals surface area contributed by atoms with Crippen molar-refractivity contribution in [3.05, 3.63) is 0 Å². The van der Waals surface area contributed by atoms with Crippen molar-refractivity contribution in [2.24, 2.45) is 0 Å². The molecule has 2 aliphatic rings. The zero-order valence-electron chi connectivity index (χ0n) is 8.85. The van der Waals surface area contributed by atoms with E-state index in [1.165, 1.54) is 0 Å². The molecule has 0 unspecified atom stereocenters. The first-order valence-corrected chi connectivity index (χ1v) is 5.17. The van der Waals surface area contributed by atoms with Gasteiger partial charge in [-0.05, 0) is 26.7 Å². The number of ether oxygens (including phenoxy) is 1. The predicted molar refractivity (Wildman–Crippen MR) is 53.0 cm³/mol. The Bertz CT molecular complexity index is 245. The minimum Gasteiger partial charge on any atom is -0.363 e. The number of hydrogen-bond acceptors (Lipinski definition) is 3. The quantitative estimate of drug-likeness (QED) is 0.670. The van der Waals surface area contributed by atoms with Crippen molar-refractivity contribution in [1.82, 2.24) is 10.6 Å². The van der Waals surface area contributed by atoms with Crippen LogP contribution in [0.25, 0.3) is 0 Å². The molecule has 1 amide bonds. The first kappa shape index (κ1) is 9.93. The fourth-order valence-electron chi connectivity index (χ4n) is 1.50. The molecule has 4 heteroatoms. The second kappa shape index (κ2) is 3.21. The van der Waals surface area contributed by atoms with Gasteiger partial charge in [0.25, 0.3) is 0 Å². The van der Waals surface area contributed by atoms with Gasteiger partial charge < -0.3 is 15.4 Å². The van der Waals surface area contributed by atoms with E-state index in [4.69, 9.17) is 4.74 Å². The van der Waals surface area contributed by atoms with Crippen LogP contribution in [0.5, 0.6) is 0 Å². The molecule has 1 heterocycles. The van der Waals surface area contributed by atoms with Crippen molar-refractivity contribution in [2.45, 2.75) is 37.8 Å². The van der Waals surface area contributed by atoms with Gasteiger partial charge >= 0.3 is 0 Å². The average molecular weight is 198 g/mol. The monoisotopic (exact) mass is 198 g/mol. The van der Waals surface area contributed by atoms with Gasteiger partial charge in [-0.1, -0.05) is 0 Å². The lowest BCUT2D eigenvalue weighted by Gasteiger charge is -2.38. The molecule has 2 rings (SSSR count). The predicted octanol–water partition coefficient (Wildman–Crippen LogP) is 0.0336. The molecule has 1 aliphatic heterocycles. The lowest BCUT2D eigenvalue weighted by Crippen LogP contribution is -2.59. The van der Waals surface area contributed by atoms with Crippen molar-refractivity contribution in [2.75, 3.05) is 19.7 Å². The van der Waals surface area contributed by atoms with Crippen LogP contribution < -0.4 is 10.6 Å². The topological polar surface area (TPSA) is 50.4 Å². The Kier molecular flexibility index (Phi) is 2.27. The van der Waals surface area contributed by atoms with Crippen molar-refractivity contribution < 1.29 is 9.53 Å². The SMILES string of the molecule is CC1(NC(=O)COC2(C)CNC2)CC1. The molecule has 1 saturated heterocycles. The molecule has 0 aromatic rings. The molecule has 0 spiro atoms. The zero-order chi connectivity index (χ0) is 10.2. The van der Waals surface area contributed by atoms with Gasteiger partial charge in [0.1, 0.15) is 6.61 Å². The second-order valence-corrected chi connectivity index (χ2v) is 4.95. The van der Waals surface area contributed by atoms with E-state index < -0.39 is 0 Å². The summed E-state index contributed by atoms with van der Waals surface area (Å²) in [6, 6.07) is 0. The lowest BCUT2D eigenvalue weighted by atomic mass is 10.0. The molecule has 1 saturated carbocycles. The van der Waals surface area contributed by atoms with Crippen molar-refractivity contribution in [3.8, 4) is 0 Å². The summed E-state index contributed by atoms with van der Waals surface area (Å²) in [6.07, 6.45) is 2.19. The molecule has 14 heavy (non-hydrogen) atoms. The Labute approximate surface area is 84.4 Å². The van der Waals surface area contributed by atoms with E-state index in [2.05, 4.69) is 17.6 Å². The van der Waals surface area contributed by atoms with Gasteiger partial charge in [0, 0.05) is 18.6 Å². The molecule has 0 aromatic carbocycles. The number of amides is 1. The molecule has 2 fully saturated rings. The smallest absolute Gasteiger partial charge is 0.246 e. The van der Waals surface area contributed by atoms with E-state index in [1.54, 1.807) is 0 Å². The molecule has 4 nitrogen and oxygen atoms in total. The standard InChI is InChI=1S/C10H18N2O2/c1-9(3-4-9)12-8(13)5-14-10(2)6-11-7-10/h11H,3-7H2,1-2H3,(H,12,13). The third-order valence-electron chi connectivity index (χ3n) is 2.99. The minimum atomic E-state index is -0.123. The number of carbonyl (C=O) groups is 1. The summed E-state index contributed by atoms with van der Waals surface area (Å²) in [4.78, 5) is 11.4. The fraction of sp³-hybridized carbons (Fsp3) is 0.900. The summed E-state index contributed by atoms with van der Waals surface area (Å²) in [5.74, 6) is 0.0122. The molecule has 0 bridgehead atoms. The molecule has 1 aliphatic carbocycles. The van der Waals surface area contributed by atoms with Gasteiger partial charge in [-0.25, -0.2) is 0 Å². The summed E-state index contributed by atoms with van der Waals surface area (Å²) in [6.45, 7) is 5.97. The normalized spacial score (nSPS) is 26.4. The third-order valence-corrected chi connectivity index (χ3v) is 2.99. The highest BCUT2D eigenvalue weighted by molar-refractivity contribution is 5.78. The summed E-state index contributed by atoms with van der Waals surface area (Å²) in [7, 11) is 0. The average Bonchev–Trinajstić information content (AvgIpc) is 2.76. The van der Waals surface area contributed by atoms with E-state index in [0.717, 1.165) is 25.9 Å². The third kappa shape index (κ3) is 2.25. The van der Waals surface area contributed by atoms with E-state index in [9.17, 15) is 4.79 Å². The number of rotatable bonds is 4. The molecular formula is C10H18N2O2. The molecule has 80 valence electrons. The van der Waals surface area contributed by atoms with Gasteiger partial charge in [-0.3, -0.25) is 4.79 Å². The zero-order valence-corrected chi connectivity index (χ0v) is 8.85. The van der Waals surface area contributed by atoms with Crippen LogP contribution in [0, 0.1) is 0 Å². The van der Waals surface area contributed by atoms with Crippen LogP contribution in [0.4, 0.5) is 0 Å². The molecule has 0 aromatic heterocycles. The van der Waals surface area contributed by atoms with Gasteiger partial charge in [0.2, 0.25) is 5.91 Å². The highest BCUT2D eigenvalue weighted by Crippen LogP contribution is 2.34. The van der Waals surface area contributed by atoms with Crippen molar-refractivity contribution in [1.29, 1.82) is 0 Å². The number of carbonyl (C=O) groups excluding carboxylic acids is 1. The Balaban J connectivity index is 1.67. The lowest BCUT2D eigenvalue weighted by molar-refractivity contribution is -0.136. The summed E-state index contributed by atoms with van der Waals surface area (Å²) in [5.41, 5.74) is -0.0546. The number of hydrogen-bond donors (Lipinski definition) is 2. The van der Waals surface area contributed by atoms with E-state index in [1.807, 2.05) is 6.92 Å². The first-order valence-electron chi connectivity index (χ1n) is 5.17. The highest BCUT2D eigenvalue weighted by Gasteiger charge is 2.39. The Morgan fingerprint density at radius 2 is 2.07 bits per heavy atom. The number of nitrogens with one attached hydrogen (secondary N) is 2. The van der Waals surface area contributed by atoms with Crippen LogP contribution in [-0.4, -0.2) is 36.7 Å². The van der Waals surface area contributed by atoms with Gasteiger partial charge in [-0.2, -0.15) is 0 Å². The van der Waals surface area contributed by atoms with E-state index >= 15 is 0 Å².